The van der Waals surface area contributed by atoms with Gasteiger partial charge in [0.15, 0.2) is 5.58 Å². The van der Waals surface area contributed by atoms with Gasteiger partial charge < -0.3 is 15.5 Å². The molecule has 0 radical (unpaired) electrons. The first-order valence-electron chi connectivity index (χ1n) is 11.6. The number of carbonyl (C=O) groups excluding carboxylic acids is 1. The number of nitrogens with zero attached hydrogens (tertiary/aromatic N) is 2. The Labute approximate surface area is 196 Å². The number of carbonyl (C=O) groups is 1. The van der Waals surface area contributed by atoms with Gasteiger partial charge in [-0.15, -0.1) is 0 Å². The van der Waals surface area contributed by atoms with Gasteiger partial charge in [-0.2, -0.15) is 5.10 Å². The van der Waals surface area contributed by atoms with Crippen molar-refractivity contribution >= 4 is 27.9 Å². The molecular weight excluding hydrogens is 426 g/mol. The highest BCUT2D eigenvalue weighted by atomic mass is 16.3. The second kappa shape index (κ2) is 8.43. The van der Waals surface area contributed by atoms with Gasteiger partial charge in [0.1, 0.15) is 11.3 Å². The smallest absolute Gasteiger partial charge is 0.251 e. The molecule has 0 saturated heterocycles. The van der Waals surface area contributed by atoms with Crippen LogP contribution in [0.5, 0.6) is 0 Å². The van der Waals surface area contributed by atoms with Crippen LogP contribution in [0.2, 0.25) is 0 Å². The van der Waals surface area contributed by atoms with E-state index in [1.807, 2.05) is 54.6 Å². The van der Waals surface area contributed by atoms with Gasteiger partial charge in [-0.25, -0.2) is 0 Å². The van der Waals surface area contributed by atoms with E-state index < -0.39 is 0 Å². The summed E-state index contributed by atoms with van der Waals surface area (Å²) < 4.78 is 6.29. The highest BCUT2D eigenvalue weighted by molar-refractivity contribution is 5.98. The third-order valence-electron chi connectivity index (χ3n) is 6.71. The summed E-state index contributed by atoms with van der Waals surface area (Å²) in [6.07, 6.45) is 7.67. The van der Waals surface area contributed by atoms with Gasteiger partial charge in [0.25, 0.3) is 5.91 Å². The van der Waals surface area contributed by atoms with Crippen LogP contribution in [-0.4, -0.2) is 33.2 Å². The summed E-state index contributed by atoms with van der Waals surface area (Å²) in [5.41, 5.74) is 12.0. The van der Waals surface area contributed by atoms with Crippen LogP contribution >= 0.6 is 0 Å². The topological polar surface area (TPSA) is 110 Å². The first-order valence-corrected chi connectivity index (χ1v) is 11.6. The summed E-state index contributed by atoms with van der Waals surface area (Å²) in [4.78, 5) is 17.5. The molecule has 7 nitrogen and oxygen atoms in total. The number of pyridine rings is 1. The lowest BCUT2D eigenvalue weighted by Crippen LogP contribution is -2.49. The highest BCUT2D eigenvalue weighted by Crippen LogP contribution is 2.34. The number of aromatic amines is 1. The third-order valence-corrected chi connectivity index (χ3v) is 6.71. The molecule has 0 aliphatic heterocycles. The van der Waals surface area contributed by atoms with Crippen LogP contribution in [0, 0.1) is 0 Å². The molecule has 2 aromatic carbocycles. The highest BCUT2D eigenvalue weighted by Gasteiger charge is 2.24. The van der Waals surface area contributed by atoms with Crippen molar-refractivity contribution in [3.8, 4) is 22.5 Å². The average Bonchev–Trinajstić information content (AvgIpc) is 3.52. The maximum Gasteiger partial charge on any atom is 0.251 e. The number of hydrogen-bond acceptors (Lipinski definition) is 5. The molecule has 5 aromatic rings. The molecule has 34 heavy (non-hydrogen) atoms. The van der Waals surface area contributed by atoms with Gasteiger partial charge in [-0.05, 0) is 42.7 Å². The molecule has 0 bridgehead atoms. The molecule has 1 fully saturated rings. The molecule has 4 N–H and O–H groups in total. The molecule has 2 unspecified atom stereocenters. The second-order valence-electron chi connectivity index (χ2n) is 8.96. The largest absolute Gasteiger partial charge is 0.454 e. The van der Waals surface area contributed by atoms with E-state index in [9.17, 15) is 4.79 Å². The van der Waals surface area contributed by atoms with Gasteiger partial charge in [-0.3, -0.25) is 14.9 Å². The second-order valence-corrected chi connectivity index (χ2v) is 8.96. The Bertz CT molecular complexity index is 1500. The van der Waals surface area contributed by atoms with E-state index in [0.29, 0.717) is 11.1 Å². The minimum Gasteiger partial charge on any atom is -0.454 e. The Hall–Kier alpha value is -3.97. The van der Waals surface area contributed by atoms with E-state index >= 15 is 0 Å². The first kappa shape index (κ1) is 20.6. The zero-order valence-electron chi connectivity index (χ0n) is 18.6. The summed E-state index contributed by atoms with van der Waals surface area (Å²) in [7, 11) is 0. The predicted molar refractivity (Wildman–Crippen MR) is 132 cm³/mol. The molecule has 7 heteroatoms. The molecule has 1 aliphatic carbocycles. The van der Waals surface area contributed by atoms with Crippen LogP contribution < -0.4 is 11.1 Å². The van der Waals surface area contributed by atoms with E-state index in [0.717, 1.165) is 64.6 Å². The molecule has 3 aromatic heterocycles. The number of rotatable bonds is 4. The lowest BCUT2D eigenvalue weighted by molar-refractivity contribution is 0.0921. The standard InChI is InChI=1S/C27H25N5O2/c28-21-6-1-2-7-22(21)31-27(33)18-5-3-4-16(12-18)20-10-11-29-24-14-25(34-26(20)24)17-8-9-19-15-30-32-23(19)13-17/h3-5,8-15,21-22H,1-2,6-7,28H2,(H,30,32)(H,31,33). The van der Waals surface area contributed by atoms with Crippen molar-refractivity contribution in [3.63, 3.8) is 0 Å². The Kier molecular flexibility index (Phi) is 5.11. The predicted octanol–water partition coefficient (Wildman–Crippen LogP) is 5.04. The fourth-order valence-electron chi connectivity index (χ4n) is 4.82. The molecular formula is C27H25N5O2. The van der Waals surface area contributed by atoms with Crippen molar-refractivity contribution in [3.05, 3.63) is 72.6 Å². The Morgan fingerprint density at radius 2 is 1.97 bits per heavy atom. The summed E-state index contributed by atoms with van der Waals surface area (Å²) in [6, 6.07) is 17.5. The summed E-state index contributed by atoms with van der Waals surface area (Å²) >= 11 is 0. The summed E-state index contributed by atoms with van der Waals surface area (Å²) in [5, 5.41) is 11.3. The van der Waals surface area contributed by atoms with Crippen LogP contribution in [0.15, 0.2) is 71.4 Å². The van der Waals surface area contributed by atoms with Crippen LogP contribution in [0.25, 0.3) is 44.5 Å². The van der Waals surface area contributed by atoms with Gasteiger partial charge in [0.05, 0.1) is 11.7 Å². The van der Waals surface area contributed by atoms with Gasteiger partial charge in [0.2, 0.25) is 0 Å². The van der Waals surface area contributed by atoms with E-state index in [-0.39, 0.29) is 18.0 Å². The average molecular weight is 452 g/mol. The molecule has 170 valence electrons. The van der Waals surface area contributed by atoms with Gasteiger partial charge in [0, 0.05) is 46.4 Å². The quantitative estimate of drug-likeness (QED) is 0.355. The minimum atomic E-state index is -0.0949. The number of benzene rings is 2. The van der Waals surface area contributed by atoms with Crippen molar-refractivity contribution in [1.82, 2.24) is 20.5 Å². The van der Waals surface area contributed by atoms with Crippen LogP contribution in [0.1, 0.15) is 36.0 Å². The van der Waals surface area contributed by atoms with Crippen LogP contribution in [0.4, 0.5) is 0 Å². The van der Waals surface area contributed by atoms with Crippen molar-refractivity contribution in [2.75, 3.05) is 0 Å². The van der Waals surface area contributed by atoms with Gasteiger partial charge >= 0.3 is 0 Å². The van der Waals surface area contributed by atoms with Crippen molar-refractivity contribution in [2.24, 2.45) is 5.73 Å². The fourth-order valence-corrected chi connectivity index (χ4v) is 4.82. The number of nitrogens with two attached hydrogens (primary N) is 1. The number of fused-ring (bicyclic) bond motifs is 2. The van der Waals surface area contributed by atoms with E-state index in [1.54, 1.807) is 12.4 Å². The monoisotopic (exact) mass is 451 g/mol. The maximum atomic E-state index is 13.0. The number of nitrogens with one attached hydrogen (secondary N) is 2. The zero-order valence-corrected chi connectivity index (χ0v) is 18.6. The zero-order chi connectivity index (χ0) is 23.1. The van der Waals surface area contributed by atoms with E-state index in [2.05, 4.69) is 20.5 Å². The lowest BCUT2D eigenvalue weighted by atomic mass is 9.91. The molecule has 0 spiro atoms. The molecule has 1 amide bonds. The number of amides is 1. The Morgan fingerprint density at radius 3 is 2.88 bits per heavy atom. The van der Waals surface area contributed by atoms with Crippen molar-refractivity contribution in [1.29, 1.82) is 0 Å². The normalized spacial score (nSPS) is 18.4. The lowest BCUT2D eigenvalue weighted by Gasteiger charge is -2.29. The van der Waals surface area contributed by atoms with Crippen LogP contribution in [-0.2, 0) is 0 Å². The van der Waals surface area contributed by atoms with Crippen molar-refractivity contribution in [2.45, 2.75) is 37.8 Å². The van der Waals surface area contributed by atoms with E-state index in [4.69, 9.17) is 10.2 Å². The SMILES string of the molecule is NC1CCCCC1NC(=O)c1cccc(-c2ccnc3cc(-c4ccc5cn[nH]c5c4)oc23)c1. The Morgan fingerprint density at radius 1 is 1.06 bits per heavy atom. The maximum absolute atomic E-state index is 13.0. The van der Waals surface area contributed by atoms with Crippen LogP contribution in [0.3, 0.4) is 0 Å². The number of H-pyrrole nitrogens is 1. The number of furan rings is 1. The van der Waals surface area contributed by atoms with Gasteiger partial charge in [-0.1, -0.05) is 37.1 Å². The summed E-state index contributed by atoms with van der Waals surface area (Å²) in [5.74, 6) is 0.633. The fraction of sp³-hybridized carbons (Fsp3) is 0.222. The first-order chi connectivity index (χ1) is 16.7. The molecule has 1 saturated carbocycles. The van der Waals surface area contributed by atoms with Crippen molar-refractivity contribution < 1.29 is 9.21 Å². The van der Waals surface area contributed by atoms with E-state index in [1.165, 1.54) is 0 Å². The third kappa shape index (κ3) is 3.74. The molecule has 2 atom stereocenters. The molecule has 1 aliphatic rings. The number of aromatic nitrogens is 3. The molecule has 6 rings (SSSR count). The molecule has 3 heterocycles. The Balaban J connectivity index is 1.33. The number of hydrogen-bond donors (Lipinski definition) is 3. The summed E-state index contributed by atoms with van der Waals surface area (Å²) in [6.45, 7) is 0. The minimum absolute atomic E-state index is 0.0169.